The van der Waals surface area contributed by atoms with Crippen molar-refractivity contribution in [1.29, 1.82) is 0 Å². The predicted octanol–water partition coefficient (Wildman–Crippen LogP) is 1.72. The van der Waals surface area contributed by atoms with Gasteiger partial charge in [0.1, 0.15) is 5.75 Å². The molecule has 108 valence electrons. The monoisotopic (exact) mass is 274 g/mol. The SMILES string of the molecule is CCN1CCN(C(=O)C2CCOc3ccccc32)CC1. The first-order valence-corrected chi connectivity index (χ1v) is 7.52. The van der Waals surface area contributed by atoms with Crippen LogP contribution in [-0.4, -0.2) is 55.0 Å². The highest BCUT2D eigenvalue weighted by molar-refractivity contribution is 5.85. The van der Waals surface area contributed by atoms with Crippen LogP contribution in [0.1, 0.15) is 24.8 Å². The Morgan fingerprint density at radius 1 is 1.25 bits per heavy atom. The van der Waals surface area contributed by atoms with Crippen LogP contribution in [0.2, 0.25) is 0 Å². The minimum absolute atomic E-state index is 0.0203. The van der Waals surface area contributed by atoms with E-state index in [9.17, 15) is 4.79 Å². The van der Waals surface area contributed by atoms with Crippen LogP contribution < -0.4 is 4.74 Å². The van der Waals surface area contributed by atoms with E-state index in [1.54, 1.807) is 0 Å². The third-order valence-corrected chi connectivity index (χ3v) is 4.39. The molecular formula is C16H22N2O2. The van der Waals surface area contributed by atoms with E-state index in [0.29, 0.717) is 6.61 Å². The highest BCUT2D eigenvalue weighted by atomic mass is 16.5. The van der Waals surface area contributed by atoms with Crippen LogP contribution >= 0.6 is 0 Å². The summed E-state index contributed by atoms with van der Waals surface area (Å²) in [7, 11) is 0. The number of piperazine rings is 1. The average molecular weight is 274 g/mol. The van der Waals surface area contributed by atoms with Gasteiger partial charge in [0.25, 0.3) is 0 Å². The molecule has 1 fully saturated rings. The predicted molar refractivity (Wildman–Crippen MR) is 78.0 cm³/mol. The Morgan fingerprint density at radius 3 is 2.75 bits per heavy atom. The highest BCUT2D eigenvalue weighted by Crippen LogP contribution is 2.34. The van der Waals surface area contributed by atoms with Crippen LogP contribution in [-0.2, 0) is 4.79 Å². The zero-order valence-corrected chi connectivity index (χ0v) is 12.0. The number of fused-ring (bicyclic) bond motifs is 1. The summed E-state index contributed by atoms with van der Waals surface area (Å²) in [5, 5.41) is 0. The Balaban J connectivity index is 1.72. The summed E-state index contributed by atoms with van der Waals surface area (Å²) in [6, 6.07) is 7.94. The molecule has 1 unspecified atom stereocenters. The molecule has 0 spiro atoms. The molecule has 20 heavy (non-hydrogen) atoms. The lowest BCUT2D eigenvalue weighted by atomic mass is 9.91. The number of hydrogen-bond acceptors (Lipinski definition) is 3. The lowest BCUT2D eigenvalue weighted by Crippen LogP contribution is -2.50. The molecule has 0 bridgehead atoms. The molecular weight excluding hydrogens is 252 g/mol. The smallest absolute Gasteiger partial charge is 0.230 e. The maximum absolute atomic E-state index is 12.8. The molecule has 1 amide bonds. The van der Waals surface area contributed by atoms with E-state index < -0.39 is 0 Å². The van der Waals surface area contributed by atoms with Gasteiger partial charge < -0.3 is 14.5 Å². The number of amides is 1. The number of carbonyl (C=O) groups is 1. The van der Waals surface area contributed by atoms with Crippen molar-refractivity contribution in [2.75, 3.05) is 39.3 Å². The molecule has 1 aromatic rings. The molecule has 0 radical (unpaired) electrons. The second-order valence-electron chi connectivity index (χ2n) is 5.49. The lowest BCUT2D eigenvalue weighted by Gasteiger charge is -2.37. The standard InChI is InChI=1S/C16H22N2O2/c1-2-17-8-10-18(11-9-17)16(19)14-7-12-20-15-6-4-3-5-13(14)15/h3-6,14H,2,7-12H2,1H3. The number of likely N-dealkylation sites (N-methyl/N-ethyl adjacent to an activating group) is 1. The Kier molecular flexibility index (Phi) is 3.92. The van der Waals surface area contributed by atoms with Crippen molar-refractivity contribution in [3.05, 3.63) is 29.8 Å². The Morgan fingerprint density at radius 2 is 2.00 bits per heavy atom. The van der Waals surface area contributed by atoms with Crippen molar-refractivity contribution >= 4 is 5.91 Å². The Hall–Kier alpha value is -1.55. The van der Waals surface area contributed by atoms with Crippen molar-refractivity contribution in [2.45, 2.75) is 19.3 Å². The summed E-state index contributed by atoms with van der Waals surface area (Å²) in [4.78, 5) is 17.2. The van der Waals surface area contributed by atoms with Gasteiger partial charge in [0, 0.05) is 31.7 Å². The van der Waals surface area contributed by atoms with Gasteiger partial charge >= 0.3 is 0 Å². The Bertz CT molecular complexity index is 481. The largest absolute Gasteiger partial charge is 0.493 e. The molecule has 0 N–H and O–H groups in total. The summed E-state index contributed by atoms with van der Waals surface area (Å²) in [6.07, 6.45) is 0.795. The van der Waals surface area contributed by atoms with E-state index in [0.717, 1.165) is 50.5 Å². The number of ether oxygens (including phenoxy) is 1. The molecule has 1 aromatic carbocycles. The molecule has 1 atom stereocenters. The van der Waals surface area contributed by atoms with Crippen LogP contribution in [0, 0.1) is 0 Å². The fourth-order valence-electron chi connectivity index (χ4n) is 3.10. The molecule has 0 saturated carbocycles. The number of para-hydroxylation sites is 1. The molecule has 4 nitrogen and oxygen atoms in total. The van der Waals surface area contributed by atoms with E-state index in [2.05, 4.69) is 11.8 Å². The van der Waals surface area contributed by atoms with Gasteiger partial charge in [0.05, 0.1) is 12.5 Å². The average Bonchev–Trinajstić information content (AvgIpc) is 2.54. The zero-order chi connectivity index (χ0) is 13.9. The number of hydrogen-bond donors (Lipinski definition) is 0. The number of nitrogens with zero attached hydrogens (tertiary/aromatic N) is 2. The highest BCUT2D eigenvalue weighted by Gasteiger charge is 2.32. The van der Waals surface area contributed by atoms with Gasteiger partial charge in [0.2, 0.25) is 5.91 Å². The fraction of sp³-hybridized carbons (Fsp3) is 0.562. The molecule has 1 saturated heterocycles. The van der Waals surface area contributed by atoms with Crippen LogP contribution in [0.4, 0.5) is 0 Å². The summed E-state index contributed by atoms with van der Waals surface area (Å²) < 4.78 is 5.65. The maximum Gasteiger partial charge on any atom is 0.230 e. The normalized spacial score (nSPS) is 23.1. The molecule has 2 aliphatic heterocycles. The molecule has 2 heterocycles. The topological polar surface area (TPSA) is 32.8 Å². The third-order valence-electron chi connectivity index (χ3n) is 4.39. The summed E-state index contributed by atoms with van der Waals surface area (Å²) >= 11 is 0. The zero-order valence-electron chi connectivity index (χ0n) is 12.0. The van der Waals surface area contributed by atoms with Gasteiger partial charge in [-0.3, -0.25) is 4.79 Å². The molecule has 4 heteroatoms. The van der Waals surface area contributed by atoms with Gasteiger partial charge in [-0.2, -0.15) is 0 Å². The fourth-order valence-corrected chi connectivity index (χ4v) is 3.10. The van der Waals surface area contributed by atoms with Crippen molar-refractivity contribution in [2.24, 2.45) is 0 Å². The second kappa shape index (κ2) is 5.83. The number of benzene rings is 1. The van der Waals surface area contributed by atoms with Crippen molar-refractivity contribution in [3.8, 4) is 5.75 Å². The van der Waals surface area contributed by atoms with Crippen LogP contribution in [0.25, 0.3) is 0 Å². The first-order chi connectivity index (χ1) is 9.79. The van der Waals surface area contributed by atoms with Crippen LogP contribution in [0.15, 0.2) is 24.3 Å². The third kappa shape index (κ3) is 2.52. The minimum atomic E-state index is -0.0203. The van der Waals surface area contributed by atoms with Crippen LogP contribution in [0.3, 0.4) is 0 Å². The maximum atomic E-state index is 12.8. The van der Waals surface area contributed by atoms with Gasteiger partial charge in [-0.15, -0.1) is 0 Å². The van der Waals surface area contributed by atoms with E-state index in [-0.39, 0.29) is 11.8 Å². The Labute approximate surface area is 120 Å². The van der Waals surface area contributed by atoms with Gasteiger partial charge in [-0.25, -0.2) is 0 Å². The first kappa shape index (κ1) is 13.4. The molecule has 2 aliphatic rings. The molecule has 0 aromatic heterocycles. The first-order valence-electron chi connectivity index (χ1n) is 7.52. The van der Waals surface area contributed by atoms with E-state index >= 15 is 0 Å². The van der Waals surface area contributed by atoms with Gasteiger partial charge in [-0.1, -0.05) is 25.1 Å². The van der Waals surface area contributed by atoms with Crippen LogP contribution in [0.5, 0.6) is 5.75 Å². The van der Waals surface area contributed by atoms with Gasteiger partial charge in [-0.05, 0) is 19.0 Å². The van der Waals surface area contributed by atoms with E-state index in [1.165, 1.54) is 0 Å². The lowest BCUT2D eigenvalue weighted by molar-refractivity contribution is -0.135. The summed E-state index contributed by atoms with van der Waals surface area (Å²) in [5.41, 5.74) is 1.06. The second-order valence-corrected chi connectivity index (χ2v) is 5.49. The van der Waals surface area contributed by atoms with Crippen molar-refractivity contribution in [3.63, 3.8) is 0 Å². The molecule has 0 aliphatic carbocycles. The van der Waals surface area contributed by atoms with E-state index in [1.807, 2.05) is 29.2 Å². The van der Waals surface area contributed by atoms with Crippen molar-refractivity contribution < 1.29 is 9.53 Å². The quantitative estimate of drug-likeness (QED) is 0.823. The summed E-state index contributed by atoms with van der Waals surface area (Å²) in [6.45, 7) is 7.58. The molecule has 3 rings (SSSR count). The minimum Gasteiger partial charge on any atom is -0.493 e. The summed E-state index contributed by atoms with van der Waals surface area (Å²) in [5.74, 6) is 1.13. The van der Waals surface area contributed by atoms with Gasteiger partial charge in [0.15, 0.2) is 0 Å². The van der Waals surface area contributed by atoms with Crippen molar-refractivity contribution in [1.82, 2.24) is 9.80 Å². The van der Waals surface area contributed by atoms with E-state index in [4.69, 9.17) is 4.74 Å². The number of rotatable bonds is 2. The number of carbonyl (C=O) groups excluding carboxylic acids is 1.